The molecule has 0 radical (unpaired) electrons. The number of halogens is 2. The lowest BCUT2D eigenvalue weighted by Crippen LogP contribution is -2.09. The summed E-state index contributed by atoms with van der Waals surface area (Å²) >= 11 is 3.14. The van der Waals surface area contributed by atoms with E-state index in [1.54, 1.807) is 19.2 Å². The number of aromatic nitrogens is 2. The van der Waals surface area contributed by atoms with E-state index in [0.717, 1.165) is 0 Å². The summed E-state index contributed by atoms with van der Waals surface area (Å²) < 4.78 is 15.6. The van der Waals surface area contributed by atoms with Crippen molar-refractivity contribution in [1.82, 2.24) is 9.78 Å². The molecule has 0 bridgehead atoms. The highest BCUT2D eigenvalue weighted by Crippen LogP contribution is 2.18. The molecule has 0 saturated heterocycles. The van der Waals surface area contributed by atoms with Crippen LogP contribution in [0.3, 0.4) is 0 Å². The Bertz CT molecular complexity index is 551. The van der Waals surface area contributed by atoms with Crippen molar-refractivity contribution >= 4 is 21.7 Å². The zero-order chi connectivity index (χ0) is 11.7. The van der Waals surface area contributed by atoms with Gasteiger partial charge in [0.2, 0.25) is 5.78 Å². The van der Waals surface area contributed by atoms with Crippen molar-refractivity contribution < 1.29 is 9.18 Å². The van der Waals surface area contributed by atoms with Crippen LogP contribution in [-0.4, -0.2) is 15.6 Å². The van der Waals surface area contributed by atoms with Gasteiger partial charge in [0.25, 0.3) is 0 Å². The molecule has 3 nitrogen and oxygen atoms in total. The van der Waals surface area contributed by atoms with E-state index in [1.807, 2.05) is 0 Å². The molecule has 82 valence electrons. The molecule has 0 saturated carbocycles. The van der Waals surface area contributed by atoms with Gasteiger partial charge >= 0.3 is 0 Å². The SMILES string of the molecule is Cn1nccc1C(=O)c1ccc(Br)cc1F. The molecule has 0 fully saturated rings. The fourth-order valence-electron chi connectivity index (χ4n) is 1.41. The summed E-state index contributed by atoms with van der Waals surface area (Å²) in [6, 6.07) is 5.91. The Hall–Kier alpha value is -1.49. The summed E-state index contributed by atoms with van der Waals surface area (Å²) in [7, 11) is 1.64. The highest BCUT2D eigenvalue weighted by atomic mass is 79.9. The molecule has 0 N–H and O–H groups in total. The van der Waals surface area contributed by atoms with E-state index in [-0.39, 0.29) is 11.3 Å². The standard InChI is InChI=1S/C11H8BrFN2O/c1-15-10(4-5-14-15)11(16)8-3-2-7(12)6-9(8)13/h2-6H,1H3. The summed E-state index contributed by atoms with van der Waals surface area (Å²) in [6.07, 6.45) is 1.50. The second kappa shape index (κ2) is 4.17. The molecule has 1 aromatic heterocycles. The quantitative estimate of drug-likeness (QED) is 0.794. The molecule has 0 aliphatic heterocycles. The maximum Gasteiger partial charge on any atom is 0.213 e. The van der Waals surface area contributed by atoms with Gasteiger partial charge < -0.3 is 0 Å². The van der Waals surface area contributed by atoms with Gasteiger partial charge in [0.1, 0.15) is 11.5 Å². The number of benzene rings is 1. The number of aryl methyl sites for hydroxylation is 1. The third-order valence-electron chi connectivity index (χ3n) is 2.23. The number of carbonyl (C=O) groups excluding carboxylic acids is 1. The van der Waals surface area contributed by atoms with Crippen LogP contribution in [0.15, 0.2) is 34.9 Å². The van der Waals surface area contributed by atoms with E-state index in [0.29, 0.717) is 10.2 Å². The first kappa shape index (κ1) is 11.0. The Morgan fingerprint density at radius 3 is 2.75 bits per heavy atom. The lowest BCUT2D eigenvalue weighted by atomic mass is 10.1. The Labute approximate surface area is 100 Å². The lowest BCUT2D eigenvalue weighted by Gasteiger charge is -2.03. The third kappa shape index (κ3) is 1.90. The van der Waals surface area contributed by atoms with E-state index >= 15 is 0 Å². The number of hydrogen-bond donors (Lipinski definition) is 0. The molecule has 1 heterocycles. The zero-order valence-electron chi connectivity index (χ0n) is 8.45. The number of carbonyl (C=O) groups is 1. The Morgan fingerprint density at radius 1 is 1.44 bits per heavy atom. The van der Waals surface area contributed by atoms with Crippen molar-refractivity contribution in [2.45, 2.75) is 0 Å². The van der Waals surface area contributed by atoms with Crippen LogP contribution < -0.4 is 0 Å². The van der Waals surface area contributed by atoms with Crippen LogP contribution in [-0.2, 0) is 7.05 Å². The Balaban J connectivity index is 2.46. The largest absolute Gasteiger partial charge is 0.287 e. The minimum Gasteiger partial charge on any atom is -0.287 e. The van der Waals surface area contributed by atoms with Gasteiger partial charge in [-0.1, -0.05) is 15.9 Å². The van der Waals surface area contributed by atoms with E-state index in [9.17, 15) is 9.18 Å². The first-order valence-corrected chi connectivity index (χ1v) is 5.36. The first-order valence-electron chi connectivity index (χ1n) is 4.57. The van der Waals surface area contributed by atoms with Crippen LogP contribution in [0.1, 0.15) is 16.1 Å². The number of nitrogens with zero attached hydrogens (tertiary/aromatic N) is 2. The first-order chi connectivity index (χ1) is 7.59. The average Bonchev–Trinajstić information content (AvgIpc) is 2.63. The lowest BCUT2D eigenvalue weighted by molar-refractivity contribution is 0.102. The molecule has 0 amide bonds. The molecule has 5 heteroatoms. The second-order valence-corrected chi connectivity index (χ2v) is 4.21. The smallest absolute Gasteiger partial charge is 0.213 e. The van der Waals surface area contributed by atoms with Crippen LogP contribution in [0.4, 0.5) is 4.39 Å². The minimum atomic E-state index is -0.541. The molecule has 0 unspecified atom stereocenters. The predicted octanol–water partition coefficient (Wildman–Crippen LogP) is 2.55. The van der Waals surface area contributed by atoms with Gasteiger partial charge in [-0.25, -0.2) is 4.39 Å². The van der Waals surface area contributed by atoms with Gasteiger partial charge in [-0.3, -0.25) is 9.48 Å². The minimum absolute atomic E-state index is 0.0480. The van der Waals surface area contributed by atoms with Crippen molar-refractivity contribution in [1.29, 1.82) is 0 Å². The molecular formula is C11H8BrFN2O. The molecule has 2 aromatic rings. The fourth-order valence-corrected chi connectivity index (χ4v) is 1.74. The van der Waals surface area contributed by atoms with E-state index in [1.165, 1.54) is 23.0 Å². The molecule has 0 aliphatic carbocycles. The molecule has 16 heavy (non-hydrogen) atoms. The summed E-state index contributed by atoms with van der Waals surface area (Å²) in [5, 5.41) is 3.87. The topological polar surface area (TPSA) is 34.9 Å². The van der Waals surface area contributed by atoms with E-state index in [2.05, 4.69) is 21.0 Å². The third-order valence-corrected chi connectivity index (χ3v) is 2.72. The summed E-state index contributed by atoms with van der Waals surface area (Å²) in [6.45, 7) is 0. The normalized spacial score (nSPS) is 10.4. The number of hydrogen-bond acceptors (Lipinski definition) is 2. The van der Waals surface area contributed by atoms with Crippen molar-refractivity contribution in [3.63, 3.8) is 0 Å². The predicted molar refractivity (Wildman–Crippen MR) is 60.7 cm³/mol. The van der Waals surface area contributed by atoms with E-state index < -0.39 is 5.82 Å². The summed E-state index contributed by atoms with van der Waals surface area (Å²) in [5.74, 6) is -0.912. The average molecular weight is 283 g/mol. The number of ketones is 1. The molecule has 0 atom stereocenters. The van der Waals surface area contributed by atoms with Crippen LogP contribution >= 0.6 is 15.9 Å². The van der Waals surface area contributed by atoms with Gasteiger partial charge in [-0.05, 0) is 24.3 Å². The van der Waals surface area contributed by atoms with Gasteiger partial charge in [0.15, 0.2) is 0 Å². The Morgan fingerprint density at radius 2 is 2.19 bits per heavy atom. The van der Waals surface area contributed by atoms with Crippen LogP contribution in [0.25, 0.3) is 0 Å². The fraction of sp³-hybridized carbons (Fsp3) is 0.0909. The van der Waals surface area contributed by atoms with Gasteiger partial charge in [-0.15, -0.1) is 0 Å². The second-order valence-electron chi connectivity index (χ2n) is 3.29. The van der Waals surface area contributed by atoms with Crippen LogP contribution in [0.2, 0.25) is 0 Å². The monoisotopic (exact) mass is 282 g/mol. The van der Waals surface area contributed by atoms with Crippen molar-refractivity contribution in [3.05, 3.63) is 52.0 Å². The van der Waals surface area contributed by atoms with Crippen molar-refractivity contribution in [3.8, 4) is 0 Å². The maximum absolute atomic E-state index is 13.5. The van der Waals surface area contributed by atoms with Crippen molar-refractivity contribution in [2.75, 3.05) is 0 Å². The molecule has 2 rings (SSSR count). The summed E-state index contributed by atoms with van der Waals surface area (Å²) in [4.78, 5) is 11.9. The van der Waals surface area contributed by atoms with Gasteiger partial charge in [0, 0.05) is 17.7 Å². The summed E-state index contributed by atoms with van der Waals surface area (Å²) in [5.41, 5.74) is 0.410. The Kier molecular flexibility index (Phi) is 2.87. The van der Waals surface area contributed by atoms with Crippen LogP contribution in [0.5, 0.6) is 0 Å². The number of rotatable bonds is 2. The van der Waals surface area contributed by atoms with E-state index in [4.69, 9.17) is 0 Å². The van der Waals surface area contributed by atoms with Crippen molar-refractivity contribution in [2.24, 2.45) is 7.05 Å². The maximum atomic E-state index is 13.5. The van der Waals surface area contributed by atoms with Gasteiger partial charge in [-0.2, -0.15) is 5.10 Å². The molecular weight excluding hydrogens is 275 g/mol. The highest BCUT2D eigenvalue weighted by molar-refractivity contribution is 9.10. The highest BCUT2D eigenvalue weighted by Gasteiger charge is 2.16. The molecule has 1 aromatic carbocycles. The zero-order valence-corrected chi connectivity index (χ0v) is 10.0. The van der Waals surface area contributed by atoms with Gasteiger partial charge in [0.05, 0.1) is 5.56 Å². The molecule has 0 spiro atoms. The van der Waals surface area contributed by atoms with Crippen LogP contribution in [0, 0.1) is 5.82 Å². The molecule has 0 aliphatic rings.